The third-order valence-corrected chi connectivity index (χ3v) is 2.53. The smallest absolute Gasteiger partial charge is 0.545 e. The molecule has 2 aromatic rings. The summed E-state index contributed by atoms with van der Waals surface area (Å²) < 4.78 is 4.84. The SMILES string of the molecule is Cc1onc(-c2ccccc2Cl)c1C(=O)[O-].[Na+]. The molecule has 0 fully saturated rings. The molecule has 0 saturated carbocycles. The van der Waals surface area contributed by atoms with E-state index in [9.17, 15) is 9.90 Å². The summed E-state index contributed by atoms with van der Waals surface area (Å²) in [6.45, 7) is 1.51. The van der Waals surface area contributed by atoms with Crippen LogP contribution in [0.5, 0.6) is 0 Å². The zero-order valence-electron chi connectivity index (χ0n) is 9.36. The van der Waals surface area contributed by atoms with Gasteiger partial charge in [-0.15, -0.1) is 0 Å². The Bertz CT molecular complexity index is 553. The van der Waals surface area contributed by atoms with E-state index in [1.54, 1.807) is 24.3 Å². The van der Waals surface area contributed by atoms with Crippen LogP contribution in [-0.4, -0.2) is 11.1 Å². The van der Waals surface area contributed by atoms with Crippen LogP contribution in [0.4, 0.5) is 0 Å². The van der Waals surface area contributed by atoms with Crippen molar-refractivity contribution >= 4 is 17.6 Å². The average molecular weight is 260 g/mol. The van der Waals surface area contributed by atoms with Gasteiger partial charge in [0.15, 0.2) is 0 Å². The number of carboxylic acids is 1. The van der Waals surface area contributed by atoms with Crippen molar-refractivity contribution in [1.82, 2.24) is 5.16 Å². The third-order valence-electron chi connectivity index (χ3n) is 2.20. The van der Waals surface area contributed by atoms with Crippen LogP contribution >= 0.6 is 11.6 Å². The van der Waals surface area contributed by atoms with Gasteiger partial charge in [-0.25, -0.2) is 0 Å². The molecule has 0 bridgehead atoms. The van der Waals surface area contributed by atoms with E-state index in [0.29, 0.717) is 10.6 Å². The van der Waals surface area contributed by atoms with E-state index in [2.05, 4.69) is 5.16 Å². The number of benzene rings is 1. The number of carboxylic acid groups (broad SMARTS) is 1. The van der Waals surface area contributed by atoms with Crippen molar-refractivity contribution in [2.75, 3.05) is 0 Å². The van der Waals surface area contributed by atoms with Gasteiger partial charge < -0.3 is 14.4 Å². The molecule has 0 radical (unpaired) electrons. The van der Waals surface area contributed by atoms with Crippen molar-refractivity contribution in [2.45, 2.75) is 6.92 Å². The topological polar surface area (TPSA) is 66.2 Å². The van der Waals surface area contributed by atoms with Crippen molar-refractivity contribution < 1.29 is 44.0 Å². The molecule has 0 unspecified atom stereocenters. The van der Waals surface area contributed by atoms with Gasteiger partial charge in [-0.05, 0) is 13.0 Å². The molecule has 1 aromatic heterocycles. The summed E-state index contributed by atoms with van der Waals surface area (Å²) in [6.07, 6.45) is 0. The molecule has 0 atom stereocenters. The average Bonchev–Trinajstić information content (AvgIpc) is 2.61. The van der Waals surface area contributed by atoms with E-state index in [0.717, 1.165) is 0 Å². The largest absolute Gasteiger partial charge is 1.00 e. The van der Waals surface area contributed by atoms with E-state index in [4.69, 9.17) is 16.1 Å². The summed E-state index contributed by atoms with van der Waals surface area (Å²) in [5, 5.41) is 15.0. The third kappa shape index (κ3) is 2.72. The van der Waals surface area contributed by atoms with Crippen molar-refractivity contribution in [2.24, 2.45) is 0 Å². The standard InChI is InChI=1S/C11H8ClNO3.Na/c1-6-9(11(14)15)10(13-16-6)7-4-2-3-5-8(7)12;/h2-5H,1H3,(H,14,15);/q;+1/p-1. The molecule has 0 amide bonds. The van der Waals surface area contributed by atoms with E-state index in [-0.39, 0.29) is 46.6 Å². The zero-order valence-corrected chi connectivity index (χ0v) is 12.1. The fraction of sp³-hybridized carbons (Fsp3) is 0.0909. The number of carbonyl (C=O) groups is 1. The first-order chi connectivity index (χ1) is 7.61. The van der Waals surface area contributed by atoms with Crippen LogP contribution in [0, 0.1) is 6.92 Å². The van der Waals surface area contributed by atoms with Crippen molar-refractivity contribution in [1.29, 1.82) is 0 Å². The van der Waals surface area contributed by atoms with Gasteiger partial charge in [0.1, 0.15) is 11.5 Å². The molecule has 6 heteroatoms. The van der Waals surface area contributed by atoms with Gasteiger partial charge in [0, 0.05) is 5.56 Å². The van der Waals surface area contributed by atoms with Crippen LogP contribution in [0.3, 0.4) is 0 Å². The van der Waals surface area contributed by atoms with Gasteiger partial charge in [0.2, 0.25) is 0 Å². The van der Waals surface area contributed by atoms with Crippen LogP contribution in [0.15, 0.2) is 28.8 Å². The Morgan fingerprint density at radius 2 is 2.06 bits per heavy atom. The van der Waals surface area contributed by atoms with Gasteiger partial charge in [0.05, 0.1) is 16.6 Å². The Labute approximate surface area is 125 Å². The first-order valence-corrected chi connectivity index (χ1v) is 4.91. The molecule has 2 rings (SSSR count). The number of aromatic nitrogens is 1. The van der Waals surface area contributed by atoms with Gasteiger partial charge in [0.25, 0.3) is 0 Å². The quantitative estimate of drug-likeness (QED) is 0.627. The van der Waals surface area contributed by atoms with Crippen LogP contribution in [0.1, 0.15) is 16.1 Å². The minimum atomic E-state index is -1.33. The van der Waals surface area contributed by atoms with Crippen LogP contribution in [0.25, 0.3) is 11.3 Å². The van der Waals surface area contributed by atoms with E-state index in [1.807, 2.05) is 0 Å². The molecule has 0 spiro atoms. The van der Waals surface area contributed by atoms with Crippen molar-refractivity contribution in [3.8, 4) is 11.3 Å². The Kier molecular flexibility index (Phi) is 4.77. The maximum Gasteiger partial charge on any atom is 1.00 e. The number of nitrogens with zero attached hydrogens (tertiary/aromatic N) is 1. The molecule has 0 N–H and O–H groups in total. The maximum atomic E-state index is 10.9. The van der Waals surface area contributed by atoms with E-state index >= 15 is 0 Å². The number of rotatable bonds is 2. The molecule has 17 heavy (non-hydrogen) atoms. The second-order valence-corrected chi connectivity index (χ2v) is 3.64. The van der Waals surface area contributed by atoms with Crippen molar-refractivity contribution in [3.63, 3.8) is 0 Å². The van der Waals surface area contributed by atoms with Crippen LogP contribution in [0.2, 0.25) is 5.02 Å². The molecule has 0 saturated heterocycles. The summed E-state index contributed by atoms with van der Waals surface area (Å²) in [5.74, 6) is -1.12. The summed E-state index contributed by atoms with van der Waals surface area (Å²) in [5.41, 5.74) is 0.649. The van der Waals surface area contributed by atoms with Crippen LogP contribution < -0.4 is 34.7 Å². The van der Waals surface area contributed by atoms with Gasteiger partial charge >= 0.3 is 29.6 Å². The number of hydrogen-bond donors (Lipinski definition) is 0. The number of aromatic carboxylic acids is 1. The molecule has 4 nitrogen and oxygen atoms in total. The fourth-order valence-electron chi connectivity index (χ4n) is 1.45. The Morgan fingerprint density at radius 1 is 1.41 bits per heavy atom. The van der Waals surface area contributed by atoms with Gasteiger partial charge in [-0.3, -0.25) is 0 Å². The second-order valence-electron chi connectivity index (χ2n) is 3.23. The molecule has 1 aromatic carbocycles. The zero-order chi connectivity index (χ0) is 11.7. The molecular weight excluding hydrogens is 253 g/mol. The summed E-state index contributed by atoms with van der Waals surface area (Å²) in [4.78, 5) is 10.9. The van der Waals surface area contributed by atoms with Gasteiger partial charge in [-0.2, -0.15) is 0 Å². The minimum absolute atomic E-state index is 0. The number of hydrogen-bond acceptors (Lipinski definition) is 4. The van der Waals surface area contributed by atoms with E-state index < -0.39 is 5.97 Å². The first-order valence-electron chi connectivity index (χ1n) is 4.53. The molecular formula is C11H7ClNNaO3. The Balaban J connectivity index is 0.00000144. The second kappa shape index (κ2) is 5.69. The summed E-state index contributed by atoms with van der Waals surface area (Å²) in [6, 6.07) is 6.81. The molecule has 82 valence electrons. The predicted octanol–water partition coefficient (Wildman–Crippen LogP) is -1.33. The normalized spacial score (nSPS) is 9.76. The minimum Gasteiger partial charge on any atom is -0.545 e. The summed E-state index contributed by atoms with van der Waals surface area (Å²) in [7, 11) is 0. The summed E-state index contributed by atoms with van der Waals surface area (Å²) >= 11 is 5.95. The predicted molar refractivity (Wildman–Crippen MR) is 56.0 cm³/mol. The number of carbonyl (C=O) groups excluding carboxylic acids is 1. The number of aryl methyl sites for hydroxylation is 1. The number of halogens is 1. The molecule has 0 aliphatic carbocycles. The molecule has 0 aliphatic rings. The molecule has 0 aliphatic heterocycles. The first kappa shape index (κ1) is 14.3. The van der Waals surface area contributed by atoms with E-state index in [1.165, 1.54) is 6.92 Å². The van der Waals surface area contributed by atoms with Crippen molar-refractivity contribution in [3.05, 3.63) is 40.6 Å². The Morgan fingerprint density at radius 3 is 2.65 bits per heavy atom. The fourth-order valence-corrected chi connectivity index (χ4v) is 1.67. The van der Waals surface area contributed by atoms with Gasteiger partial charge in [-0.1, -0.05) is 35.0 Å². The molecule has 1 heterocycles. The monoisotopic (exact) mass is 259 g/mol. The Hall–Kier alpha value is -0.810. The van der Waals surface area contributed by atoms with Crippen LogP contribution in [-0.2, 0) is 0 Å². The maximum absolute atomic E-state index is 10.9.